The maximum absolute atomic E-state index is 4.33. The van der Waals surface area contributed by atoms with E-state index >= 15 is 0 Å². The van der Waals surface area contributed by atoms with Crippen LogP contribution >= 0.6 is 0 Å². The van der Waals surface area contributed by atoms with Gasteiger partial charge in [0.15, 0.2) is 5.65 Å². The highest BCUT2D eigenvalue weighted by Gasteiger charge is 2.04. The summed E-state index contributed by atoms with van der Waals surface area (Å²) in [5.41, 5.74) is 3.85. The molecule has 0 N–H and O–H groups in total. The first-order valence-corrected chi connectivity index (χ1v) is 5.35. The fourth-order valence-electron chi connectivity index (χ4n) is 1.79. The molecule has 0 fully saturated rings. The highest BCUT2D eigenvalue weighted by atomic mass is 15.1. The molecule has 0 aromatic carbocycles. The summed E-state index contributed by atoms with van der Waals surface area (Å²) < 4.78 is 1.97. The number of nitrogens with zero attached hydrogens (tertiary/aromatic N) is 5. The van der Waals surface area contributed by atoms with E-state index in [0.717, 1.165) is 16.9 Å². The largest absolute Gasteiger partial charge is 0.309 e. The molecule has 0 amide bonds. The number of aromatic nitrogens is 5. The summed E-state index contributed by atoms with van der Waals surface area (Å²) in [5.74, 6) is 0. The molecule has 0 aliphatic carbocycles. The molecular formula is C12H11N5. The van der Waals surface area contributed by atoms with Gasteiger partial charge < -0.3 is 4.57 Å². The zero-order valence-electron chi connectivity index (χ0n) is 9.41. The lowest BCUT2D eigenvalue weighted by atomic mass is 10.2. The molecule has 17 heavy (non-hydrogen) atoms. The van der Waals surface area contributed by atoms with Crippen LogP contribution in [0.25, 0.3) is 11.2 Å². The first-order valence-electron chi connectivity index (χ1n) is 5.35. The van der Waals surface area contributed by atoms with E-state index in [1.807, 2.05) is 16.8 Å². The Labute approximate surface area is 98.2 Å². The first kappa shape index (κ1) is 9.89. The highest BCUT2D eigenvalue weighted by molar-refractivity contribution is 5.68. The van der Waals surface area contributed by atoms with E-state index in [4.69, 9.17) is 0 Å². The third kappa shape index (κ3) is 1.87. The van der Waals surface area contributed by atoms with E-state index in [2.05, 4.69) is 32.9 Å². The van der Waals surface area contributed by atoms with Gasteiger partial charge in [0, 0.05) is 6.20 Å². The van der Waals surface area contributed by atoms with Crippen LogP contribution in [0.2, 0.25) is 0 Å². The maximum atomic E-state index is 4.33. The van der Waals surface area contributed by atoms with Crippen molar-refractivity contribution in [2.75, 3.05) is 0 Å². The van der Waals surface area contributed by atoms with Gasteiger partial charge in [-0.2, -0.15) is 0 Å². The number of imidazole rings is 1. The van der Waals surface area contributed by atoms with Crippen molar-refractivity contribution in [3.63, 3.8) is 0 Å². The summed E-state index contributed by atoms with van der Waals surface area (Å²) in [6, 6.07) is 4.05. The number of fused-ring (bicyclic) bond motifs is 1. The molecule has 0 bridgehead atoms. The van der Waals surface area contributed by atoms with Crippen LogP contribution in [0.5, 0.6) is 0 Å². The number of hydrogen-bond donors (Lipinski definition) is 0. The van der Waals surface area contributed by atoms with Gasteiger partial charge >= 0.3 is 0 Å². The van der Waals surface area contributed by atoms with Crippen molar-refractivity contribution in [3.8, 4) is 0 Å². The van der Waals surface area contributed by atoms with Crippen LogP contribution in [-0.2, 0) is 6.54 Å². The summed E-state index contributed by atoms with van der Waals surface area (Å²) in [6.45, 7) is 2.73. The Morgan fingerprint density at radius 2 is 2.18 bits per heavy atom. The van der Waals surface area contributed by atoms with Gasteiger partial charge in [-0.1, -0.05) is 0 Å². The SMILES string of the molecule is Cc1ccnc(Cn2cnc3cncnc32)c1. The van der Waals surface area contributed by atoms with Crippen molar-refractivity contribution >= 4 is 11.2 Å². The molecule has 0 unspecified atom stereocenters. The monoisotopic (exact) mass is 225 g/mol. The van der Waals surface area contributed by atoms with Gasteiger partial charge in [0.05, 0.1) is 24.8 Å². The second-order valence-electron chi connectivity index (χ2n) is 3.93. The quantitative estimate of drug-likeness (QED) is 0.664. The average Bonchev–Trinajstić information content (AvgIpc) is 2.73. The smallest absolute Gasteiger partial charge is 0.163 e. The molecule has 5 nitrogen and oxygen atoms in total. The third-order valence-electron chi connectivity index (χ3n) is 2.59. The van der Waals surface area contributed by atoms with Crippen molar-refractivity contribution in [2.24, 2.45) is 0 Å². The second-order valence-corrected chi connectivity index (χ2v) is 3.93. The van der Waals surface area contributed by atoms with Crippen molar-refractivity contribution in [2.45, 2.75) is 13.5 Å². The Bertz CT molecular complexity index is 659. The lowest BCUT2D eigenvalue weighted by molar-refractivity contribution is 0.786. The average molecular weight is 225 g/mol. The fourth-order valence-corrected chi connectivity index (χ4v) is 1.79. The standard InChI is InChI=1S/C12H11N5/c1-9-2-3-14-10(4-9)6-17-8-16-11-5-13-7-15-12(11)17/h2-5,7-8H,6H2,1H3. The fraction of sp³-hybridized carbons (Fsp3) is 0.167. The van der Waals surface area contributed by atoms with Crippen molar-refractivity contribution < 1.29 is 0 Å². The molecule has 0 spiro atoms. The van der Waals surface area contributed by atoms with Gasteiger partial charge in [-0.3, -0.25) is 4.98 Å². The van der Waals surface area contributed by atoms with Gasteiger partial charge in [-0.25, -0.2) is 15.0 Å². The minimum absolute atomic E-state index is 0.676. The summed E-state index contributed by atoms with van der Waals surface area (Å²) >= 11 is 0. The van der Waals surface area contributed by atoms with E-state index in [9.17, 15) is 0 Å². The maximum Gasteiger partial charge on any atom is 0.163 e. The normalized spacial score (nSPS) is 10.9. The molecule has 3 heterocycles. The van der Waals surface area contributed by atoms with E-state index in [-0.39, 0.29) is 0 Å². The molecule has 3 aromatic heterocycles. The molecule has 0 radical (unpaired) electrons. The highest BCUT2D eigenvalue weighted by Crippen LogP contribution is 2.10. The third-order valence-corrected chi connectivity index (χ3v) is 2.59. The van der Waals surface area contributed by atoms with Crippen LogP contribution < -0.4 is 0 Å². The van der Waals surface area contributed by atoms with Crippen molar-refractivity contribution in [1.82, 2.24) is 24.5 Å². The Balaban J connectivity index is 2.00. The molecular weight excluding hydrogens is 214 g/mol. The Hall–Kier alpha value is -2.30. The number of aryl methyl sites for hydroxylation is 1. The molecule has 0 saturated heterocycles. The molecule has 0 aliphatic heterocycles. The summed E-state index contributed by atoms with van der Waals surface area (Å²) in [7, 11) is 0. The second kappa shape index (κ2) is 3.93. The van der Waals surface area contributed by atoms with Gasteiger partial charge in [-0.05, 0) is 24.6 Å². The number of rotatable bonds is 2. The summed E-state index contributed by atoms with van der Waals surface area (Å²) in [6.07, 6.45) is 6.83. The van der Waals surface area contributed by atoms with Crippen molar-refractivity contribution in [3.05, 3.63) is 48.4 Å². The number of hydrogen-bond acceptors (Lipinski definition) is 4. The molecule has 0 saturated carbocycles. The predicted molar refractivity (Wildman–Crippen MR) is 63.4 cm³/mol. The Morgan fingerprint density at radius 3 is 3.06 bits per heavy atom. The van der Waals surface area contributed by atoms with Crippen molar-refractivity contribution in [1.29, 1.82) is 0 Å². The van der Waals surface area contributed by atoms with Gasteiger partial charge in [-0.15, -0.1) is 0 Å². The van der Waals surface area contributed by atoms with Gasteiger partial charge in [0.2, 0.25) is 0 Å². The molecule has 3 rings (SSSR count). The molecule has 0 atom stereocenters. The molecule has 3 aromatic rings. The van der Waals surface area contributed by atoms with Crippen LogP contribution in [0.15, 0.2) is 37.2 Å². The van der Waals surface area contributed by atoms with Crippen LogP contribution in [0.4, 0.5) is 0 Å². The van der Waals surface area contributed by atoms with E-state index in [0.29, 0.717) is 6.54 Å². The lowest BCUT2D eigenvalue weighted by Crippen LogP contribution is -2.01. The minimum Gasteiger partial charge on any atom is -0.309 e. The topological polar surface area (TPSA) is 56.5 Å². The summed E-state index contributed by atoms with van der Waals surface area (Å²) in [5, 5.41) is 0. The zero-order chi connectivity index (χ0) is 11.7. The number of pyridine rings is 1. The lowest BCUT2D eigenvalue weighted by Gasteiger charge is -2.03. The van der Waals surface area contributed by atoms with Crippen LogP contribution in [0, 0.1) is 6.92 Å². The molecule has 0 aliphatic rings. The van der Waals surface area contributed by atoms with Gasteiger partial charge in [0.25, 0.3) is 0 Å². The van der Waals surface area contributed by atoms with Gasteiger partial charge in [0.1, 0.15) is 11.8 Å². The minimum atomic E-state index is 0.676. The first-order chi connectivity index (χ1) is 8.33. The Morgan fingerprint density at radius 1 is 1.24 bits per heavy atom. The Kier molecular flexibility index (Phi) is 2.29. The molecule has 5 heteroatoms. The zero-order valence-corrected chi connectivity index (χ0v) is 9.41. The van der Waals surface area contributed by atoms with E-state index in [1.165, 1.54) is 11.9 Å². The molecule has 84 valence electrons. The van der Waals surface area contributed by atoms with Crippen LogP contribution in [0.1, 0.15) is 11.3 Å². The predicted octanol–water partition coefficient (Wildman–Crippen LogP) is 1.58. The van der Waals surface area contributed by atoms with Crippen LogP contribution in [0.3, 0.4) is 0 Å². The van der Waals surface area contributed by atoms with Crippen LogP contribution in [-0.4, -0.2) is 24.5 Å². The summed E-state index contributed by atoms with van der Waals surface area (Å²) in [4.78, 5) is 16.7. The van der Waals surface area contributed by atoms with E-state index < -0.39 is 0 Å². The van der Waals surface area contributed by atoms with E-state index in [1.54, 1.807) is 12.5 Å².